The van der Waals surface area contributed by atoms with E-state index in [-0.39, 0.29) is 36.4 Å². The molecule has 0 aromatic heterocycles. The first-order valence-corrected chi connectivity index (χ1v) is 11.8. The largest absolute Gasteiger partial charge is 0.355 e. The van der Waals surface area contributed by atoms with Gasteiger partial charge in [0, 0.05) is 31.7 Å². The third-order valence-electron chi connectivity index (χ3n) is 5.48. The standard InChI is InChI=1S/C22H26ClN3O4S/c1-14-4-7-20(15(2)12-14)31(29,30)26-10-8-16(9-11-26)21(27)25-17-5-6-19(23)18(13-17)22(28)24-3/h4-7,12-13,16H,8-11H2,1-3H3,(H,24,28)(H,25,27). The maximum atomic E-state index is 13.0. The van der Waals surface area contributed by atoms with Crippen molar-refractivity contribution in [1.29, 1.82) is 0 Å². The first-order chi connectivity index (χ1) is 14.6. The van der Waals surface area contributed by atoms with Crippen molar-refractivity contribution in [3.8, 4) is 0 Å². The van der Waals surface area contributed by atoms with Gasteiger partial charge in [0.25, 0.3) is 5.91 Å². The van der Waals surface area contributed by atoms with Crippen molar-refractivity contribution >= 4 is 39.1 Å². The molecule has 2 aromatic rings. The summed E-state index contributed by atoms with van der Waals surface area (Å²) in [7, 11) is -2.09. The number of anilines is 1. The molecule has 0 aliphatic carbocycles. The number of sulfonamides is 1. The predicted molar refractivity (Wildman–Crippen MR) is 121 cm³/mol. The molecule has 0 radical (unpaired) electrons. The lowest BCUT2D eigenvalue weighted by molar-refractivity contribution is -0.120. The minimum atomic E-state index is -3.60. The highest BCUT2D eigenvalue weighted by Gasteiger charge is 2.33. The van der Waals surface area contributed by atoms with Crippen LogP contribution in [0.2, 0.25) is 5.02 Å². The summed E-state index contributed by atoms with van der Waals surface area (Å²) in [6.45, 7) is 4.26. The van der Waals surface area contributed by atoms with Crippen molar-refractivity contribution < 1.29 is 18.0 Å². The minimum absolute atomic E-state index is 0.200. The second-order valence-corrected chi connectivity index (χ2v) is 10.0. The van der Waals surface area contributed by atoms with Crippen molar-refractivity contribution in [3.63, 3.8) is 0 Å². The number of nitrogens with zero attached hydrogens (tertiary/aromatic N) is 1. The van der Waals surface area contributed by atoms with Gasteiger partial charge in [-0.15, -0.1) is 0 Å². The smallest absolute Gasteiger partial charge is 0.252 e. The van der Waals surface area contributed by atoms with Gasteiger partial charge in [0.1, 0.15) is 0 Å². The molecule has 7 nitrogen and oxygen atoms in total. The van der Waals surface area contributed by atoms with Crippen molar-refractivity contribution in [3.05, 3.63) is 58.1 Å². The average Bonchev–Trinajstić information content (AvgIpc) is 2.74. The number of benzene rings is 2. The van der Waals surface area contributed by atoms with Crippen molar-refractivity contribution in [2.75, 3.05) is 25.5 Å². The highest BCUT2D eigenvalue weighted by atomic mass is 35.5. The molecule has 2 aromatic carbocycles. The van der Waals surface area contributed by atoms with E-state index in [1.165, 1.54) is 17.4 Å². The molecule has 1 aliphatic rings. The fourth-order valence-electron chi connectivity index (χ4n) is 3.74. The minimum Gasteiger partial charge on any atom is -0.355 e. The lowest BCUT2D eigenvalue weighted by Crippen LogP contribution is -2.41. The van der Waals surface area contributed by atoms with Gasteiger partial charge in [-0.25, -0.2) is 8.42 Å². The van der Waals surface area contributed by atoms with E-state index in [9.17, 15) is 18.0 Å². The third-order valence-corrected chi connectivity index (χ3v) is 7.87. The van der Waals surface area contributed by atoms with Gasteiger partial charge in [-0.1, -0.05) is 29.3 Å². The molecule has 1 aliphatic heterocycles. The average molecular weight is 464 g/mol. The van der Waals surface area contributed by atoms with Gasteiger partial charge >= 0.3 is 0 Å². The maximum Gasteiger partial charge on any atom is 0.252 e. The summed E-state index contributed by atoms with van der Waals surface area (Å²) in [5.41, 5.74) is 2.47. The quantitative estimate of drug-likeness (QED) is 0.710. The molecule has 0 unspecified atom stereocenters. The number of hydrogen-bond acceptors (Lipinski definition) is 4. The van der Waals surface area contributed by atoms with E-state index >= 15 is 0 Å². The number of piperidine rings is 1. The number of hydrogen-bond donors (Lipinski definition) is 2. The van der Waals surface area contributed by atoms with E-state index in [0.29, 0.717) is 28.4 Å². The summed E-state index contributed by atoms with van der Waals surface area (Å²) < 4.78 is 27.5. The van der Waals surface area contributed by atoms with Crippen molar-refractivity contribution in [1.82, 2.24) is 9.62 Å². The number of aryl methyl sites for hydroxylation is 2. The maximum absolute atomic E-state index is 13.0. The van der Waals surface area contributed by atoms with E-state index in [4.69, 9.17) is 11.6 Å². The van der Waals surface area contributed by atoms with Gasteiger partial charge in [0.15, 0.2) is 0 Å². The van der Waals surface area contributed by atoms with E-state index in [1.807, 2.05) is 13.0 Å². The lowest BCUT2D eigenvalue weighted by Gasteiger charge is -2.31. The number of amides is 2. The molecule has 1 heterocycles. The van der Waals surface area contributed by atoms with Crippen LogP contribution in [0.15, 0.2) is 41.3 Å². The fourth-order valence-corrected chi connectivity index (χ4v) is 5.62. The van der Waals surface area contributed by atoms with E-state index in [2.05, 4.69) is 10.6 Å². The van der Waals surface area contributed by atoms with Crippen LogP contribution in [0.25, 0.3) is 0 Å². The number of rotatable bonds is 5. The summed E-state index contributed by atoms with van der Waals surface area (Å²) in [5.74, 6) is -0.857. The number of carbonyl (C=O) groups excluding carboxylic acids is 2. The van der Waals surface area contributed by atoms with E-state index in [1.54, 1.807) is 31.2 Å². The Morgan fingerprint density at radius 3 is 2.35 bits per heavy atom. The number of nitrogens with one attached hydrogen (secondary N) is 2. The first-order valence-electron chi connectivity index (χ1n) is 10.0. The Kier molecular flexibility index (Phi) is 7.03. The second kappa shape index (κ2) is 9.38. The molecule has 31 heavy (non-hydrogen) atoms. The molecule has 3 rings (SSSR count). The molecular formula is C22H26ClN3O4S. The molecule has 1 fully saturated rings. The van der Waals surface area contributed by atoms with Crippen LogP contribution in [0, 0.1) is 19.8 Å². The van der Waals surface area contributed by atoms with E-state index in [0.717, 1.165) is 11.1 Å². The predicted octanol–water partition coefficient (Wildman–Crippen LogP) is 3.36. The molecule has 1 saturated heterocycles. The fraction of sp³-hybridized carbons (Fsp3) is 0.364. The van der Waals surface area contributed by atoms with Crippen LogP contribution in [-0.4, -0.2) is 44.7 Å². The first kappa shape index (κ1) is 23.2. The van der Waals surface area contributed by atoms with Gasteiger partial charge in [-0.05, 0) is 56.5 Å². The Labute approximate surface area is 187 Å². The summed E-state index contributed by atoms with van der Waals surface area (Å²) in [4.78, 5) is 24.9. The van der Waals surface area contributed by atoms with Crippen LogP contribution in [0.5, 0.6) is 0 Å². The summed E-state index contributed by atoms with van der Waals surface area (Å²) in [6.07, 6.45) is 0.845. The Bertz CT molecular complexity index is 1110. The molecule has 9 heteroatoms. The zero-order chi connectivity index (χ0) is 22.8. The topological polar surface area (TPSA) is 95.6 Å². The Hall–Kier alpha value is -2.42. The van der Waals surface area contributed by atoms with Crippen LogP contribution >= 0.6 is 11.6 Å². The lowest BCUT2D eigenvalue weighted by atomic mass is 9.97. The van der Waals surface area contributed by atoms with E-state index < -0.39 is 10.0 Å². The van der Waals surface area contributed by atoms with Gasteiger partial charge in [0.2, 0.25) is 15.9 Å². The van der Waals surface area contributed by atoms with Gasteiger partial charge < -0.3 is 10.6 Å². The highest BCUT2D eigenvalue weighted by Crippen LogP contribution is 2.27. The Morgan fingerprint density at radius 2 is 1.74 bits per heavy atom. The van der Waals surface area contributed by atoms with Crippen LogP contribution in [0.1, 0.15) is 34.3 Å². The zero-order valence-electron chi connectivity index (χ0n) is 17.7. The molecule has 2 amide bonds. The van der Waals surface area contributed by atoms with Gasteiger partial charge in [0.05, 0.1) is 15.5 Å². The van der Waals surface area contributed by atoms with Crippen molar-refractivity contribution in [2.24, 2.45) is 5.92 Å². The zero-order valence-corrected chi connectivity index (χ0v) is 19.3. The van der Waals surface area contributed by atoms with Gasteiger partial charge in [-0.2, -0.15) is 4.31 Å². The molecule has 0 atom stereocenters. The van der Waals surface area contributed by atoms with Crippen molar-refractivity contribution in [2.45, 2.75) is 31.6 Å². The summed E-state index contributed by atoms with van der Waals surface area (Å²) in [6, 6.07) is 10.0. The summed E-state index contributed by atoms with van der Waals surface area (Å²) >= 11 is 6.05. The second-order valence-electron chi connectivity index (χ2n) is 7.71. The molecule has 0 saturated carbocycles. The molecular weight excluding hydrogens is 438 g/mol. The normalized spacial score (nSPS) is 15.5. The Balaban J connectivity index is 1.66. The molecule has 0 bridgehead atoms. The summed E-state index contributed by atoms with van der Waals surface area (Å²) in [5, 5.41) is 5.61. The monoisotopic (exact) mass is 463 g/mol. The molecule has 166 valence electrons. The van der Waals surface area contributed by atoms with Crippen LogP contribution < -0.4 is 10.6 Å². The van der Waals surface area contributed by atoms with Crippen LogP contribution in [0.3, 0.4) is 0 Å². The number of halogens is 1. The highest BCUT2D eigenvalue weighted by molar-refractivity contribution is 7.89. The number of carbonyl (C=O) groups is 2. The SMILES string of the molecule is CNC(=O)c1cc(NC(=O)C2CCN(S(=O)(=O)c3ccc(C)cc3C)CC2)ccc1Cl. The Morgan fingerprint density at radius 1 is 1.06 bits per heavy atom. The van der Waals surface area contributed by atoms with Crippen LogP contribution in [0.4, 0.5) is 5.69 Å². The molecule has 0 spiro atoms. The van der Waals surface area contributed by atoms with Crippen LogP contribution in [-0.2, 0) is 14.8 Å². The van der Waals surface area contributed by atoms with Gasteiger partial charge in [-0.3, -0.25) is 9.59 Å². The molecule has 2 N–H and O–H groups in total. The third kappa shape index (κ3) is 5.08.